The van der Waals surface area contributed by atoms with Crippen molar-refractivity contribution >= 4 is 27.4 Å². The number of H-pyrrole nitrogens is 1. The normalized spacial score (nSPS) is 12.2. The largest absolute Gasteiger partial charge is 0.382 e. The molecule has 1 aromatic carbocycles. The summed E-state index contributed by atoms with van der Waals surface area (Å²) >= 11 is 1.65. The van der Waals surface area contributed by atoms with Gasteiger partial charge in [0, 0.05) is 5.41 Å². The van der Waals surface area contributed by atoms with Gasteiger partial charge in [-0.05, 0) is 12.1 Å². The Morgan fingerprint density at radius 2 is 1.95 bits per heavy atom. The number of nitrogens with zero attached hydrogens (tertiary/aromatic N) is 2. The Bertz CT molecular complexity index is 700. The molecule has 0 fully saturated rings. The molecule has 0 saturated carbocycles. The number of para-hydroxylation sites is 1. The molecular formula is C14H16N4S. The van der Waals surface area contributed by atoms with Gasteiger partial charge in [0.1, 0.15) is 5.01 Å². The van der Waals surface area contributed by atoms with E-state index in [4.69, 9.17) is 5.73 Å². The summed E-state index contributed by atoms with van der Waals surface area (Å²) in [6.45, 7) is 6.41. The lowest BCUT2D eigenvalue weighted by atomic mass is 9.89. The number of benzene rings is 1. The van der Waals surface area contributed by atoms with Gasteiger partial charge in [0.05, 0.1) is 21.5 Å². The van der Waals surface area contributed by atoms with Crippen LogP contribution in [0.25, 0.3) is 20.8 Å². The SMILES string of the molecule is CC(C)(C)c1[nH]nc(N)c1-c1nc2ccccc2s1. The van der Waals surface area contributed by atoms with Crippen LogP contribution in [-0.4, -0.2) is 15.2 Å². The van der Waals surface area contributed by atoms with Crippen LogP contribution in [0, 0.1) is 0 Å². The molecule has 0 bridgehead atoms. The van der Waals surface area contributed by atoms with Crippen molar-refractivity contribution in [1.29, 1.82) is 0 Å². The molecule has 98 valence electrons. The highest BCUT2D eigenvalue weighted by Crippen LogP contribution is 2.38. The van der Waals surface area contributed by atoms with Crippen LogP contribution in [0.1, 0.15) is 26.5 Å². The Hall–Kier alpha value is -1.88. The highest BCUT2D eigenvalue weighted by atomic mass is 32.1. The van der Waals surface area contributed by atoms with E-state index in [1.165, 1.54) is 0 Å². The van der Waals surface area contributed by atoms with E-state index in [0.717, 1.165) is 26.5 Å². The van der Waals surface area contributed by atoms with Crippen LogP contribution in [0.15, 0.2) is 24.3 Å². The Morgan fingerprint density at radius 1 is 1.21 bits per heavy atom. The van der Waals surface area contributed by atoms with Gasteiger partial charge in [-0.1, -0.05) is 32.9 Å². The van der Waals surface area contributed by atoms with E-state index in [9.17, 15) is 0 Å². The first-order valence-electron chi connectivity index (χ1n) is 6.17. The number of nitrogens with two attached hydrogens (primary N) is 1. The average molecular weight is 272 g/mol. The van der Waals surface area contributed by atoms with E-state index in [1.54, 1.807) is 11.3 Å². The lowest BCUT2D eigenvalue weighted by Crippen LogP contribution is -2.13. The maximum absolute atomic E-state index is 6.02. The lowest BCUT2D eigenvalue weighted by Gasteiger charge is -2.17. The van der Waals surface area contributed by atoms with Crippen LogP contribution in [0.4, 0.5) is 5.82 Å². The smallest absolute Gasteiger partial charge is 0.155 e. The van der Waals surface area contributed by atoms with Gasteiger partial charge in [-0.25, -0.2) is 4.98 Å². The number of rotatable bonds is 1. The van der Waals surface area contributed by atoms with Crippen LogP contribution >= 0.6 is 11.3 Å². The first-order chi connectivity index (χ1) is 8.97. The monoisotopic (exact) mass is 272 g/mol. The van der Waals surface area contributed by atoms with Crippen LogP contribution in [0.2, 0.25) is 0 Å². The molecule has 0 unspecified atom stereocenters. The fourth-order valence-corrected chi connectivity index (χ4v) is 3.12. The van der Waals surface area contributed by atoms with Crippen LogP contribution < -0.4 is 5.73 Å². The molecule has 2 heterocycles. The minimum absolute atomic E-state index is 0.0438. The topological polar surface area (TPSA) is 67.6 Å². The minimum atomic E-state index is -0.0438. The first-order valence-corrected chi connectivity index (χ1v) is 6.99. The third kappa shape index (κ3) is 2.00. The number of nitrogens with one attached hydrogen (secondary N) is 1. The van der Waals surface area contributed by atoms with Crippen molar-refractivity contribution in [3.05, 3.63) is 30.0 Å². The summed E-state index contributed by atoms with van der Waals surface area (Å²) in [7, 11) is 0. The quantitative estimate of drug-likeness (QED) is 0.711. The molecular weight excluding hydrogens is 256 g/mol. The summed E-state index contributed by atoms with van der Waals surface area (Å²) in [5.74, 6) is 0.518. The van der Waals surface area contributed by atoms with Crippen molar-refractivity contribution in [2.45, 2.75) is 26.2 Å². The van der Waals surface area contributed by atoms with Gasteiger partial charge in [0.15, 0.2) is 5.82 Å². The third-order valence-electron chi connectivity index (χ3n) is 3.05. The zero-order valence-corrected chi connectivity index (χ0v) is 12.0. The molecule has 0 aliphatic carbocycles. The zero-order valence-electron chi connectivity index (χ0n) is 11.2. The molecule has 5 heteroatoms. The number of nitrogen functional groups attached to an aromatic ring is 1. The van der Waals surface area contributed by atoms with Crippen LogP contribution in [0.5, 0.6) is 0 Å². The van der Waals surface area contributed by atoms with Gasteiger partial charge in [0.2, 0.25) is 0 Å². The Labute approximate surface area is 115 Å². The molecule has 0 atom stereocenters. The summed E-state index contributed by atoms with van der Waals surface area (Å²) in [4.78, 5) is 4.67. The molecule has 0 aliphatic heterocycles. The molecule has 0 saturated heterocycles. The van der Waals surface area contributed by atoms with Gasteiger partial charge < -0.3 is 5.73 Å². The molecule has 0 amide bonds. The number of aromatic amines is 1. The van der Waals surface area contributed by atoms with E-state index in [2.05, 4.69) is 42.0 Å². The Balaban J connectivity index is 2.24. The average Bonchev–Trinajstić information content (AvgIpc) is 2.90. The molecule has 19 heavy (non-hydrogen) atoms. The molecule has 3 rings (SSSR count). The number of fused-ring (bicyclic) bond motifs is 1. The van der Waals surface area contributed by atoms with Crippen molar-refractivity contribution in [3.63, 3.8) is 0 Å². The number of hydrogen-bond acceptors (Lipinski definition) is 4. The second kappa shape index (κ2) is 4.06. The fourth-order valence-electron chi connectivity index (χ4n) is 2.09. The predicted molar refractivity (Wildman–Crippen MR) is 80.3 cm³/mol. The van der Waals surface area contributed by atoms with Gasteiger partial charge in [-0.3, -0.25) is 5.10 Å². The molecule has 3 N–H and O–H groups in total. The van der Waals surface area contributed by atoms with E-state index < -0.39 is 0 Å². The third-order valence-corrected chi connectivity index (χ3v) is 4.11. The molecule has 3 aromatic rings. The first kappa shape index (κ1) is 12.2. The Morgan fingerprint density at radius 3 is 2.63 bits per heavy atom. The number of anilines is 1. The number of thiazole rings is 1. The lowest BCUT2D eigenvalue weighted by molar-refractivity contribution is 0.568. The Kier molecular flexibility index (Phi) is 2.60. The van der Waals surface area contributed by atoms with Crippen molar-refractivity contribution < 1.29 is 0 Å². The maximum atomic E-state index is 6.02. The molecule has 0 spiro atoms. The van der Waals surface area contributed by atoms with Gasteiger partial charge in [-0.2, -0.15) is 5.10 Å². The van der Waals surface area contributed by atoms with E-state index in [1.807, 2.05) is 18.2 Å². The summed E-state index contributed by atoms with van der Waals surface area (Å²) in [6.07, 6.45) is 0. The highest BCUT2D eigenvalue weighted by molar-refractivity contribution is 7.21. The van der Waals surface area contributed by atoms with E-state index in [0.29, 0.717) is 5.82 Å². The minimum Gasteiger partial charge on any atom is -0.382 e. The second-order valence-electron chi connectivity index (χ2n) is 5.60. The van der Waals surface area contributed by atoms with Crippen LogP contribution in [0.3, 0.4) is 0 Å². The van der Waals surface area contributed by atoms with Crippen molar-refractivity contribution in [3.8, 4) is 10.6 Å². The molecule has 4 nitrogen and oxygen atoms in total. The number of hydrogen-bond donors (Lipinski definition) is 2. The van der Waals surface area contributed by atoms with Crippen molar-refractivity contribution in [2.75, 3.05) is 5.73 Å². The number of aromatic nitrogens is 3. The van der Waals surface area contributed by atoms with Gasteiger partial charge in [-0.15, -0.1) is 11.3 Å². The molecule has 2 aromatic heterocycles. The predicted octanol–water partition coefficient (Wildman–Crippen LogP) is 3.57. The zero-order chi connectivity index (χ0) is 13.6. The van der Waals surface area contributed by atoms with E-state index >= 15 is 0 Å². The van der Waals surface area contributed by atoms with Gasteiger partial charge >= 0.3 is 0 Å². The summed E-state index contributed by atoms with van der Waals surface area (Å²) in [6, 6.07) is 8.11. The summed E-state index contributed by atoms with van der Waals surface area (Å²) in [5.41, 5.74) is 8.95. The maximum Gasteiger partial charge on any atom is 0.155 e. The fraction of sp³-hybridized carbons (Fsp3) is 0.286. The summed E-state index contributed by atoms with van der Waals surface area (Å²) < 4.78 is 1.16. The molecule has 0 radical (unpaired) electrons. The molecule has 0 aliphatic rings. The summed E-state index contributed by atoms with van der Waals surface area (Å²) in [5, 5.41) is 8.13. The van der Waals surface area contributed by atoms with Crippen molar-refractivity contribution in [1.82, 2.24) is 15.2 Å². The second-order valence-corrected chi connectivity index (χ2v) is 6.63. The highest BCUT2D eigenvalue weighted by Gasteiger charge is 2.25. The standard InChI is InChI=1S/C14H16N4S/c1-14(2,3)11-10(12(15)18-17-11)13-16-8-6-4-5-7-9(8)19-13/h4-7H,1-3H3,(H3,15,17,18). The van der Waals surface area contributed by atoms with Crippen LogP contribution in [-0.2, 0) is 5.41 Å². The van der Waals surface area contributed by atoms with Crippen molar-refractivity contribution in [2.24, 2.45) is 0 Å². The van der Waals surface area contributed by atoms with E-state index in [-0.39, 0.29) is 5.41 Å². The van der Waals surface area contributed by atoms with Gasteiger partial charge in [0.25, 0.3) is 0 Å².